The Balaban J connectivity index is 2.04. The summed E-state index contributed by atoms with van der Waals surface area (Å²) in [5, 5.41) is 7.94. The first-order chi connectivity index (χ1) is 10.1. The van der Waals surface area contributed by atoms with Gasteiger partial charge in [-0.3, -0.25) is 4.68 Å². The van der Waals surface area contributed by atoms with Gasteiger partial charge in [0.05, 0.1) is 5.69 Å². The fourth-order valence-electron chi connectivity index (χ4n) is 2.64. The van der Waals surface area contributed by atoms with E-state index in [4.69, 9.17) is 0 Å². The summed E-state index contributed by atoms with van der Waals surface area (Å²) >= 11 is 0. The summed E-state index contributed by atoms with van der Waals surface area (Å²) in [7, 11) is 1.99. The summed E-state index contributed by atoms with van der Waals surface area (Å²) in [6.45, 7) is 11.4. The minimum absolute atomic E-state index is 0.816. The van der Waals surface area contributed by atoms with Gasteiger partial charge in [0.1, 0.15) is 0 Å². The van der Waals surface area contributed by atoms with Gasteiger partial charge in [0.2, 0.25) is 0 Å². The van der Waals surface area contributed by atoms with Gasteiger partial charge in [-0.2, -0.15) is 5.10 Å². The molecule has 1 aromatic heterocycles. The highest BCUT2D eigenvalue weighted by Crippen LogP contribution is 2.19. The van der Waals surface area contributed by atoms with Crippen LogP contribution in [0.3, 0.4) is 0 Å². The molecule has 0 aliphatic heterocycles. The number of nitrogens with zero attached hydrogens (tertiary/aromatic N) is 3. The average molecular weight is 286 g/mol. The van der Waals surface area contributed by atoms with Crippen LogP contribution in [0.2, 0.25) is 0 Å². The van der Waals surface area contributed by atoms with Gasteiger partial charge in [0, 0.05) is 49.3 Å². The van der Waals surface area contributed by atoms with Crippen LogP contribution in [0.15, 0.2) is 24.3 Å². The Morgan fingerprint density at radius 2 is 1.71 bits per heavy atom. The van der Waals surface area contributed by atoms with Gasteiger partial charge >= 0.3 is 0 Å². The molecular formula is C17H26N4. The van der Waals surface area contributed by atoms with Crippen LogP contribution in [0.4, 0.5) is 11.4 Å². The van der Waals surface area contributed by atoms with Crippen molar-refractivity contribution < 1.29 is 0 Å². The summed E-state index contributed by atoms with van der Waals surface area (Å²) in [5.41, 5.74) is 6.03. The van der Waals surface area contributed by atoms with E-state index < -0.39 is 0 Å². The van der Waals surface area contributed by atoms with Gasteiger partial charge in [-0.15, -0.1) is 0 Å². The van der Waals surface area contributed by atoms with E-state index in [1.54, 1.807) is 0 Å². The lowest BCUT2D eigenvalue weighted by Gasteiger charge is -2.21. The molecule has 0 aliphatic carbocycles. The van der Waals surface area contributed by atoms with Crippen molar-refractivity contribution in [1.82, 2.24) is 9.78 Å². The molecule has 4 heteroatoms. The predicted molar refractivity (Wildman–Crippen MR) is 90.0 cm³/mol. The second-order valence-electron chi connectivity index (χ2n) is 5.35. The van der Waals surface area contributed by atoms with E-state index in [0.717, 1.165) is 31.0 Å². The molecule has 2 rings (SSSR count). The third-order valence-electron chi connectivity index (χ3n) is 4.12. The maximum absolute atomic E-state index is 4.45. The van der Waals surface area contributed by atoms with Crippen molar-refractivity contribution >= 4 is 11.4 Å². The summed E-state index contributed by atoms with van der Waals surface area (Å²) < 4.78 is 1.94. The maximum atomic E-state index is 4.45. The molecule has 2 aromatic rings. The van der Waals surface area contributed by atoms with Crippen molar-refractivity contribution in [2.45, 2.75) is 34.2 Å². The maximum Gasteiger partial charge on any atom is 0.0646 e. The molecule has 0 spiro atoms. The Morgan fingerprint density at radius 1 is 1.10 bits per heavy atom. The monoisotopic (exact) mass is 286 g/mol. The van der Waals surface area contributed by atoms with E-state index in [1.165, 1.54) is 16.9 Å². The molecule has 0 fully saturated rings. The highest BCUT2D eigenvalue weighted by atomic mass is 15.3. The van der Waals surface area contributed by atoms with Gasteiger partial charge in [0.15, 0.2) is 0 Å². The van der Waals surface area contributed by atoms with Crippen LogP contribution in [0, 0.1) is 13.8 Å². The highest BCUT2D eigenvalue weighted by Gasteiger charge is 2.08. The van der Waals surface area contributed by atoms with Crippen LogP contribution in [0.25, 0.3) is 0 Å². The lowest BCUT2D eigenvalue weighted by atomic mass is 10.2. The van der Waals surface area contributed by atoms with Crippen molar-refractivity contribution in [1.29, 1.82) is 0 Å². The number of hydrogen-bond donors (Lipinski definition) is 1. The zero-order chi connectivity index (χ0) is 15.4. The lowest BCUT2D eigenvalue weighted by Crippen LogP contribution is -2.21. The largest absolute Gasteiger partial charge is 0.381 e. The fourth-order valence-corrected chi connectivity index (χ4v) is 2.64. The topological polar surface area (TPSA) is 33.1 Å². The number of aryl methyl sites for hydroxylation is 2. The molecule has 0 atom stereocenters. The van der Waals surface area contributed by atoms with Crippen LogP contribution in [-0.4, -0.2) is 22.9 Å². The molecule has 0 saturated carbocycles. The Labute approximate surface area is 127 Å². The standard InChI is InChI=1S/C17H26N4/c1-6-21(7-2)16-10-8-15(9-11-16)18-12-17-13(3)19-20(5)14(17)4/h8-11,18H,6-7,12H2,1-5H3. The summed E-state index contributed by atoms with van der Waals surface area (Å²) in [6, 6.07) is 8.65. The Bertz CT molecular complexity index is 580. The predicted octanol–water partition coefficient (Wildman–Crippen LogP) is 3.50. The quantitative estimate of drug-likeness (QED) is 0.882. The van der Waals surface area contributed by atoms with E-state index in [2.05, 4.69) is 67.3 Å². The number of aromatic nitrogens is 2. The molecule has 0 bridgehead atoms. The summed E-state index contributed by atoms with van der Waals surface area (Å²) in [6.07, 6.45) is 0. The van der Waals surface area contributed by atoms with Crippen molar-refractivity contribution in [3.63, 3.8) is 0 Å². The van der Waals surface area contributed by atoms with Crippen LogP contribution < -0.4 is 10.2 Å². The molecule has 1 aromatic carbocycles. The van der Waals surface area contributed by atoms with Gasteiger partial charge in [-0.1, -0.05) is 0 Å². The Morgan fingerprint density at radius 3 is 2.19 bits per heavy atom. The molecule has 0 unspecified atom stereocenters. The summed E-state index contributed by atoms with van der Waals surface area (Å²) in [4.78, 5) is 2.35. The van der Waals surface area contributed by atoms with E-state index >= 15 is 0 Å². The Kier molecular flexibility index (Phi) is 4.89. The van der Waals surface area contributed by atoms with Gasteiger partial charge in [-0.25, -0.2) is 0 Å². The van der Waals surface area contributed by atoms with E-state index in [9.17, 15) is 0 Å². The molecular weight excluding hydrogens is 260 g/mol. The number of hydrogen-bond acceptors (Lipinski definition) is 3. The van der Waals surface area contributed by atoms with Crippen molar-refractivity contribution in [2.24, 2.45) is 7.05 Å². The number of anilines is 2. The van der Waals surface area contributed by atoms with Crippen molar-refractivity contribution in [3.05, 3.63) is 41.2 Å². The normalized spacial score (nSPS) is 10.7. The van der Waals surface area contributed by atoms with Gasteiger partial charge in [-0.05, 0) is 52.0 Å². The SMILES string of the molecule is CCN(CC)c1ccc(NCc2c(C)nn(C)c2C)cc1. The fraction of sp³-hybridized carbons (Fsp3) is 0.471. The minimum atomic E-state index is 0.816. The van der Waals surface area contributed by atoms with Crippen LogP contribution in [-0.2, 0) is 13.6 Å². The van der Waals surface area contributed by atoms with E-state index in [0.29, 0.717) is 0 Å². The second kappa shape index (κ2) is 6.66. The third kappa shape index (κ3) is 3.38. The molecule has 4 nitrogen and oxygen atoms in total. The number of nitrogens with one attached hydrogen (secondary N) is 1. The summed E-state index contributed by atoms with van der Waals surface area (Å²) in [5.74, 6) is 0. The zero-order valence-electron chi connectivity index (χ0n) is 13.8. The Hall–Kier alpha value is -1.97. The first-order valence-electron chi connectivity index (χ1n) is 7.64. The smallest absolute Gasteiger partial charge is 0.0646 e. The number of benzene rings is 1. The lowest BCUT2D eigenvalue weighted by molar-refractivity contribution is 0.730. The average Bonchev–Trinajstić information content (AvgIpc) is 2.73. The molecule has 0 amide bonds. The molecule has 1 heterocycles. The first kappa shape index (κ1) is 15.4. The van der Waals surface area contributed by atoms with E-state index in [-0.39, 0.29) is 0 Å². The second-order valence-corrected chi connectivity index (χ2v) is 5.35. The molecule has 114 valence electrons. The van der Waals surface area contributed by atoms with Gasteiger partial charge in [0.25, 0.3) is 0 Å². The van der Waals surface area contributed by atoms with Gasteiger partial charge < -0.3 is 10.2 Å². The molecule has 21 heavy (non-hydrogen) atoms. The third-order valence-corrected chi connectivity index (χ3v) is 4.12. The highest BCUT2D eigenvalue weighted by molar-refractivity contribution is 5.55. The first-order valence-corrected chi connectivity index (χ1v) is 7.64. The number of rotatable bonds is 6. The van der Waals surface area contributed by atoms with Crippen LogP contribution >= 0.6 is 0 Å². The van der Waals surface area contributed by atoms with Crippen molar-refractivity contribution in [3.8, 4) is 0 Å². The van der Waals surface area contributed by atoms with Crippen LogP contribution in [0.1, 0.15) is 30.8 Å². The van der Waals surface area contributed by atoms with E-state index in [1.807, 2.05) is 11.7 Å². The minimum Gasteiger partial charge on any atom is -0.381 e. The van der Waals surface area contributed by atoms with Crippen LogP contribution in [0.5, 0.6) is 0 Å². The molecule has 1 N–H and O–H groups in total. The zero-order valence-corrected chi connectivity index (χ0v) is 13.8. The van der Waals surface area contributed by atoms with Crippen molar-refractivity contribution in [2.75, 3.05) is 23.3 Å². The molecule has 0 saturated heterocycles. The molecule has 0 aliphatic rings. The molecule has 0 radical (unpaired) electrons.